The normalized spacial score (nSPS) is 10.7. The van der Waals surface area contributed by atoms with Crippen molar-refractivity contribution in [2.45, 2.75) is 6.61 Å². The quantitative estimate of drug-likeness (QED) is 0.494. The number of carbonyl (C=O) groups is 1. The van der Waals surface area contributed by atoms with Crippen molar-refractivity contribution in [1.82, 2.24) is 15.0 Å². The molecule has 156 valence electrons. The number of hydrogen-bond donors (Lipinski definition) is 1. The first-order chi connectivity index (χ1) is 15.0. The Bertz CT molecular complexity index is 1230. The van der Waals surface area contributed by atoms with Crippen LogP contribution in [0.1, 0.15) is 16.1 Å². The van der Waals surface area contributed by atoms with Crippen molar-refractivity contribution < 1.29 is 22.7 Å². The van der Waals surface area contributed by atoms with Crippen molar-refractivity contribution in [3.05, 3.63) is 102 Å². The maximum Gasteiger partial charge on any atom is 0.277 e. The van der Waals surface area contributed by atoms with Crippen molar-refractivity contribution >= 4 is 11.6 Å². The van der Waals surface area contributed by atoms with Crippen LogP contribution in [0, 0.1) is 17.5 Å². The van der Waals surface area contributed by atoms with Gasteiger partial charge in [-0.15, -0.1) is 5.10 Å². The summed E-state index contributed by atoms with van der Waals surface area (Å²) in [4.78, 5) is 12.4. The molecule has 0 bridgehead atoms. The number of ether oxygens (including phenoxy) is 1. The second-order valence-corrected chi connectivity index (χ2v) is 6.54. The van der Waals surface area contributed by atoms with E-state index in [1.807, 2.05) is 0 Å². The summed E-state index contributed by atoms with van der Waals surface area (Å²) in [5.41, 5.74) is 1.27. The molecule has 31 heavy (non-hydrogen) atoms. The van der Waals surface area contributed by atoms with E-state index >= 15 is 0 Å². The van der Waals surface area contributed by atoms with Gasteiger partial charge in [-0.3, -0.25) is 4.79 Å². The van der Waals surface area contributed by atoms with Crippen molar-refractivity contribution in [1.29, 1.82) is 0 Å². The van der Waals surface area contributed by atoms with Gasteiger partial charge in [-0.25, -0.2) is 17.9 Å². The minimum atomic E-state index is -0.691. The molecule has 0 spiro atoms. The number of nitrogens with one attached hydrogen (secondary N) is 1. The minimum absolute atomic E-state index is 0.00355. The highest BCUT2D eigenvalue weighted by Gasteiger charge is 2.14. The summed E-state index contributed by atoms with van der Waals surface area (Å²) in [6, 6.07) is 15.2. The summed E-state index contributed by atoms with van der Waals surface area (Å²) in [6.45, 7) is -0.00707. The number of halogens is 3. The standard InChI is InChI=1S/C22H15F3N4O2/c23-15-4-7-18(8-5-15)29-12-20(27-28-29)22(30)26-17-6-9-21(19(25)11-17)31-13-14-2-1-3-16(24)10-14/h1-12H,13H2,(H,26,30). The zero-order chi connectivity index (χ0) is 21.8. The Balaban J connectivity index is 1.40. The van der Waals surface area contributed by atoms with Crippen LogP contribution in [0.2, 0.25) is 0 Å². The van der Waals surface area contributed by atoms with Crippen LogP contribution in [0.15, 0.2) is 72.9 Å². The Kier molecular flexibility index (Phi) is 5.65. The SMILES string of the molecule is O=C(Nc1ccc(OCc2cccc(F)c2)c(F)c1)c1cn(-c2ccc(F)cc2)nn1. The fraction of sp³-hybridized carbons (Fsp3) is 0.0455. The molecule has 6 nitrogen and oxygen atoms in total. The molecule has 0 unspecified atom stereocenters. The van der Waals surface area contributed by atoms with Crippen molar-refractivity contribution in [2.24, 2.45) is 0 Å². The molecule has 0 fully saturated rings. The first kappa shape index (κ1) is 20.1. The zero-order valence-electron chi connectivity index (χ0n) is 15.9. The molecule has 0 atom stereocenters. The highest BCUT2D eigenvalue weighted by atomic mass is 19.1. The maximum atomic E-state index is 14.3. The number of rotatable bonds is 6. The molecule has 1 heterocycles. The molecule has 1 aromatic heterocycles. The van der Waals surface area contributed by atoms with Crippen LogP contribution in [0.25, 0.3) is 5.69 Å². The molecule has 0 aliphatic rings. The lowest BCUT2D eigenvalue weighted by atomic mass is 10.2. The molecule has 3 aromatic carbocycles. The average Bonchev–Trinajstić information content (AvgIpc) is 3.24. The summed E-state index contributed by atoms with van der Waals surface area (Å²) >= 11 is 0. The van der Waals surface area contributed by atoms with Crippen molar-refractivity contribution in [3.63, 3.8) is 0 Å². The van der Waals surface area contributed by atoms with E-state index in [4.69, 9.17) is 4.74 Å². The number of aromatic nitrogens is 3. The highest BCUT2D eigenvalue weighted by Crippen LogP contribution is 2.23. The number of nitrogens with zero attached hydrogens (tertiary/aromatic N) is 3. The van der Waals surface area contributed by atoms with Crippen LogP contribution in [0.3, 0.4) is 0 Å². The first-order valence-corrected chi connectivity index (χ1v) is 9.14. The van der Waals surface area contributed by atoms with Gasteiger partial charge in [0.1, 0.15) is 18.2 Å². The number of hydrogen-bond acceptors (Lipinski definition) is 4. The highest BCUT2D eigenvalue weighted by molar-refractivity contribution is 6.02. The van der Waals surface area contributed by atoms with E-state index in [0.29, 0.717) is 11.3 Å². The Morgan fingerprint density at radius 1 is 0.968 bits per heavy atom. The lowest BCUT2D eigenvalue weighted by molar-refractivity contribution is 0.102. The molecular weight excluding hydrogens is 409 g/mol. The Morgan fingerprint density at radius 2 is 1.77 bits per heavy atom. The van der Waals surface area contributed by atoms with Gasteiger partial charge in [0.25, 0.3) is 5.91 Å². The molecular formula is C22H15F3N4O2. The van der Waals surface area contributed by atoms with Crippen LogP contribution < -0.4 is 10.1 Å². The summed E-state index contributed by atoms with van der Waals surface area (Å²) in [5, 5.41) is 10.1. The van der Waals surface area contributed by atoms with Gasteiger partial charge >= 0.3 is 0 Å². The van der Waals surface area contributed by atoms with Gasteiger partial charge in [0.15, 0.2) is 17.3 Å². The summed E-state index contributed by atoms with van der Waals surface area (Å²) in [6.07, 6.45) is 1.37. The Morgan fingerprint density at radius 3 is 2.52 bits per heavy atom. The molecule has 1 amide bonds. The minimum Gasteiger partial charge on any atom is -0.486 e. The summed E-state index contributed by atoms with van der Waals surface area (Å²) in [7, 11) is 0. The van der Waals surface area contributed by atoms with E-state index in [1.54, 1.807) is 6.07 Å². The number of carbonyl (C=O) groups excluding carboxylic acids is 1. The van der Waals surface area contributed by atoms with Crippen molar-refractivity contribution in [2.75, 3.05) is 5.32 Å². The van der Waals surface area contributed by atoms with Crippen LogP contribution in [-0.4, -0.2) is 20.9 Å². The second-order valence-electron chi connectivity index (χ2n) is 6.54. The van der Waals surface area contributed by atoms with Gasteiger partial charge in [-0.1, -0.05) is 17.3 Å². The molecule has 4 rings (SSSR count). The molecule has 1 N–H and O–H groups in total. The first-order valence-electron chi connectivity index (χ1n) is 9.14. The fourth-order valence-corrected chi connectivity index (χ4v) is 2.77. The topological polar surface area (TPSA) is 69.0 Å². The van der Waals surface area contributed by atoms with E-state index in [1.165, 1.54) is 65.5 Å². The van der Waals surface area contributed by atoms with Crippen LogP contribution >= 0.6 is 0 Å². The maximum absolute atomic E-state index is 14.3. The van der Waals surface area contributed by atoms with Gasteiger partial charge in [0.2, 0.25) is 0 Å². The largest absolute Gasteiger partial charge is 0.486 e. The van der Waals surface area contributed by atoms with E-state index in [0.717, 1.165) is 6.07 Å². The molecule has 0 saturated carbocycles. The molecule has 9 heteroatoms. The van der Waals surface area contributed by atoms with Gasteiger partial charge < -0.3 is 10.1 Å². The molecule has 0 aliphatic carbocycles. The van der Waals surface area contributed by atoms with Gasteiger partial charge in [-0.2, -0.15) is 0 Å². The monoisotopic (exact) mass is 424 g/mol. The third kappa shape index (κ3) is 4.89. The lowest BCUT2D eigenvalue weighted by Gasteiger charge is -2.09. The lowest BCUT2D eigenvalue weighted by Crippen LogP contribution is -2.12. The molecule has 0 aliphatic heterocycles. The van der Waals surface area contributed by atoms with Crippen molar-refractivity contribution in [3.8, 4) is 11.4 Å². The average molecular weight is 424 g/mol. The smallest absolute Gasteiger partial charge is 0.277 e. The van der Waals surface area contributed by atoms with E-state index in [9.17, 15) is 18.0 Å². The summed E-state index contributed by atoms with van der Waals surface area (Å²) in [5.74, 6) is -2.13. The van der Waals surface area contributed by atoms with Crippen LogP contribution in [-0.2, 0) is 6.61 Å². The predicted octanol–water partition coefficient (Wildman–Crippen LogP) is 4.52. The third-order valence-corrected chi connectivity index (χ3v) is 4.29. The fourth-order valence-electron chi connectivity index (χ4n) is 2.77. The van der Waals surface area contributed by atoms with Gasteiger partial charge in [0.05, 0.1) is 11.9 Å². The van der Waals surface area contributed by atoms with E-state index in [2.05, 4.69) is 15.6 Å². The third-order valence-electron chi connectivity index (χ3n) is 4.29. The number of amides is 1. The van der Waals surface area contributed by atoms with Crippen LogP contribution in [0.5, 0.6) is 5.75 Å². The van der Waals surface area contributed by atoms with E-state index in [-0.39, 0.29) is 23.7 Å². The van der Waals surface area contributed by atoms with E-state index < -0.39 is 23.4 Å². The Labute approximate surface area is 174 Å². The zero-order valence-corrected chi connectivity index (χ0v) is 15.9. The van der Waals surface area contributed by atoms with Gasteiger partial charge in [-0.05, 0) is 54.1 Å². The predicted molar refractivity (Wildman–Crippen MR) is 106 cm³/mol. The molecule has 0 radical (unpaired) electrons. The molecule has 0 saturated heterocycles. The number of anilines is 1. The second kappa shape index (κ2) is 8.70. The summed E-state index contributed by atoms with van der Waals surface area (Å²) < 4.78 is 47.3. The van der Waals surface area contributed by atoms with Crippen LogP contribution in [0.4, 0.5) is 18.9 Å². The van der Waals surface area contributed by atoms with Gasteiger partial charge in [0, 0.05) is 11.8 Å². The number of benzene rings is 3. The Hall–Kier alpha value is -4.14. The molecule has 4 aromatic rings.